The van der Waals surface area contributed by atoms with Gasteiger partial charge in [-0.05, 0) is 48.1 Å². The molecule has 1 nitrogen and oxygen atoms in total. The van der Waals surface area contributed by atoms with Gasteiger partial charge in [0.15, 0.2) is 0 Å². The predicted octanol–water partition coefficient (Wildman–Crippen LogP) is 8.09. The van der Waals surface area contributed by atoms with Crippen LogP contribution in [-0.2, 0) is 6.42 Å². The zero-order chi connectivity index (χ0) is 18.6. The van der Waals surface area contributed by atoms with Crippen LogP contribution < -0.4 is 4.74 Å². The van der Waals surface area contributed by atoms with Crippen LogP contribution >= 0.6 is 11.6 Å². The van der Waals surface area contributed by atoms with Crippen molar-refractivity contribution in [1.82, 2.24) is 0 Å². The fourth-order valence-corrected chi connectivity index (χ4v) is 3.36. The molecule has 0 fully saturated rings. The van der Waals surface area contributed by atoms with Gasteiger partial charge < -0.3 is 4.74 Å². The quantitative estimate of drug-likeness (QED) is 0.342. The van der Waals surface area contributed by atoms with Crippen LogP contribution in [0.4, 0.5) is 0 Å². The first-order valence-corrected chi connectivity index (χ1v) is 10.6. The first-order valence-electron chi connectivity index (χ1n) is 10.3. The highest BCUT2D eigenvalue weighted by Crippen LogP contribution is 2.31. The van der Waals surface area contributed by atoms with Crippen molar-refractivity contribution in [3.63, 3.8) is 0 Å². The number of ether oxygens (including phenoxy) is 1. The van der Waals surface area contributed by atoms with Gasteiger partial charge in [0.25, 0.3) is 0 Å². The number of aryl methyl sites for hydroxylation is 1. The molecule has 2 heteroatoms. The molecule has 2 aromatic rings. The summed E-state index contributed by atoms with van der Waals surface area (Å²) in [5, 5.41) is 0.696. The summed E-state index contributed by atoms with van der Waals surface area (Å²) in [7, 11) is 0. The molecule has 0 saturated heterocycles. The van der Waals surface area contributed by atoms with Gasteiger partial charge in [-0.1, -0.05) is 94.3 Å². The third-order valence-electron chi connectivity index (χ3n) is 4.79. The van der Waals surface area contributed by atoms with E-state index in [2.05, 4.69) is 44.2 Å². The largest absolute Gasteiger partial charge is 0.492 e. The van der Waals surface area contributed by atoms with Gasteiger partial charge in [-0.3, -0.25) is 0 Å². The lowest BCUT2D eigenvalue weighted by atomic mass is 10.0. The normalized spacial score (nSPS) is 10.9. The predicted molar refractivity (Wildman–Crippen MR) is 114 cm³/mol. The van der Waals surface area contributed by atoms with E-state index >= 15 is 0 Å². The summed E-state index contributed by atoms with van der Waals surface area (Å²) in [6.07, 6.45) is 11.2. The molecule has 142 valence electrons. The summed E-state index contributed by atoms with van der Waals surface area (Å²) in [6.45, 7) is 5.21. The van der Waals surface area contributed by atoms with Crippen LogP contribution in [0.1, 0.15) is 70.8 Å². The molecular weight excluding hydrogens is 340 g/mol. The Balaban J connectivity index is 1.89. The molecule has 0 atom stereocenters. The Morgan fingerprint density at radius 1 is 0.731 bits per heavy atom. The van der Waals surface area contributed by atoms with E-state index < -0.39 is 0 Å². The van der Waals surface area contributed by atoms with Crippen LogP contribution in [0.3, 0.4) is 0 Å². The molecule has 2 rings (SSSR count). The Hall–Kier alpha value is -1.47. The second-order valence-corrected chi connectivity index (χ2v) is 7.47. The standard InChI is InChI=1S/C24H33ClO/c1-3-5-7-9-11-20-12-14-21(15-13-20)22-16-17-24(23(25)19-22)26-18-10-8-6-4-2/h12-17,19H,3-11,18H2,1-2H3. The van der Waals surface area contributed by atoms with Gasteiger partial charge >= 0.3 is 0 Å². The highest BCUT2D eigenvalue weighted by atomic mass is 35.5. The lowest BCUT2D eigenvalue weighted by molar-refractivity contribution is 0.305. The topological polar surface area (TPSA) is 9.23 Å². The zero-order valence-electron chi connectivity index (χ0n) is 16.4. The van der Waals surface area contributed by atoms with Crippen molar-refractivity contribution in [2.45, 2.75) is 71.6 Å². The minimum atomic E-state index is 0.696. The van der Waals surface area contributed by atoms with Gasteiger partial charge in [-0.15, -0.1) is 0 Å². The number of benzene rings is 2. The van der Waals surface area contributed by atoms with Crippen LogP contribution in [0.2, 0.25) is 5.02 Å². The average Bonchev–Trinajstić information content (AvgIpc) is 2.67. The Labute approximate surface area is 164 Å². The average molecular weight is 373 g/mol. The van der Waals surface area contributed by atoms with Gasteiger partial charge in [-0.25, -0.2) is 0 Å². The maximum Gasteiger partial charge on any atom is 0.137 e. The van der Waals surface area contributed by atoms with E-state index in [4.69, 9.17) is 16.3 Å². The Morgan fingerprint density at radius 3 is 2.04 bits per heavy atom. The summed E-state index contributed by atoms with van der Waals surface area (Å²) in [6, 6.07) is 15.0. The molecule has 0 radical (unpaired) electrons. The van der Waals surface area contributed by atoms with Crippen LogP contribution in [0, 0.1) is 0 Å². The minimum absolute atomic E-state index is 0.696. The van der Waals surface area contributed by atoms with Crippen molar-refractivity contribution in [3.05, 3.63) is 53.1 Å². The molecule has 26 heavy (non-hydrogen) atoms. The summed E-state index contributed by atoms with van der Waals surface area (Å²) in [5.74, 6) is 0.791. The van der Waals surface area contributed by atoms with Gasteiger partial charge in [0, 0.05) is 0 Å². The molecule has 0 aliphatic heterocycles. The van der Waals surface area contributed by atoms with Gasteiger partial charge in [0.2, 0.25) is 0 Å². The lowest BCUT2D eigenvalue weighted by Gasteiger charge is -2.10. The Morgan fingerprint density at radius 2 is 1.38 bits per heavy atom. The van der Waals surface area contributed by atoms with Crippen LogP contribution in [0.25, 0.3) is 11.1 Å². The molecule has 0 aliphatic carbocycles. The number of rotatable bonds is 12. The zero-order valence-corrected chi connectivity index (χ0v) is 17.2. The Kier molecular flexibility index (Phi) is 9.63. The summed E-state index contributed by atoms with van der Waals surface area (Å²) >= 11 is 6.42. The maximum absolute atomic E-state index is 6.42. The van der Waals surface area contributed by atoms with Crippen molar-refractivity contribution in [2.24, 2.45) is 0 Å². The van der Waals surface area contributed by atoms with Crippen LogP contribution in [0.15, 0.2) is 42.5 Å². The number of unbranched alkanes of at least 4 members (excludes halogenated alkanes) is 6. The van der Waals surface area contributed by atoms with Gasteiger partial charge in [0.05, 0.1) is 11.6 Å². The third-order valence-corrected chi connectivity index (χ3v) is 5.09. The van der Waals surface area contributed by atoms with Gasteiger partial charge in [-0.2, -0.15) is 0 Å². The van der Waals surface area contributed by atoms with Crippen molar-refractivity contribution in [2.75, 3.05) is 6.61 Å². The highest BCUT2D eigenvalue weighted by Gasteiger charge is 2.05. The number of hydrogen-bond acceptors (Lipinski definition) is 1. The number of hydrogen-bond donors (Lipinski definition) is 0. The maximum atomic E-state index is 6.42. The molecule has 0 aliphatic rings. The molecule has 0 heterocycles. The third kappa shape index (κ3) is 7.03. The molecule has 0 aromatic heterocycles. The molecular formula is C24H33ClO. The van der Waals surface area contributed by atoms with Crippen molar-refractivity contribution in [1.29, 1.82) is 0 Å². The molecule has 0 saturated carbocycles. The van der Waals surface area contributed by atoms with E-state index in [1.807, 2.05) is 12.1 Å². The summed E-state index contributed by atoms with van der Waals surface area (Å²) < 4.78 is 5.83. The molecule has 2 aromatic carbocycles. The van der Waals surface area contributed by atoms with E-state index in [0.717, 1.165) is 24.3 Å². The van der Waals surface area contributed by atoms with Crippen LogP contribution in [0.5, 0.6) is 5.75 Å². The molecule has 0 spiro atoms. The monoisotopic (exact) mass is 372 g/mol. The van der Waals surface area contributed by atoms with Crippen molar-refractivity contribution < 1.29 is 4.74 Å². The van der Waals surface area contributed by atoms with E-state index in [9.17, 15) is 0 Å². The molecule has 0 N–H and O–H groups in total. The lowest BCUT2D eigenvalue weighted by Crippen LogP contribution is -1.97. The second-order valence-electron chi connectivity index (χ2n) is 7.06. The second kappa shape index (κ2) is 12.0. The van der Waals surface area contributed by atoms with E-state index in [1.165, 1.54) is 62.5 Å². The van der Waals surface area contributed by atoms with E-state index in [0.29, 0.717) is 5.02 Å². The van der Waals surface area contributed by atoms with E-state index in [1.54, 1.807) is 0 Å². The SMILES string of the molecule is CCCCCCOc1ccc(-c2ccc(CCCCCC)cc2)cc1Cl. The fourth-order valence-electron chi connectivity index (χ4n) is 3.13. The van der Waals surface area contributed by atoms with Crippen LogP contribution in [-0.4, -0.2) is 6.61 Å². The highest BCUT2D eigenvalue weighted by molar-refractivity contribution is 6.32. The summed E-state index contributed by atoms with van der Waals surface area (Å²) in [4.78, 5) is 0. The number of halogens is 1. The fraction of sp³-hybridized carbons (Fsp3) is 0.500. The van der Waals surface area contributed by atoms with Crippen molar-refractivity contribution >= 4 is 11.6 Å². The molecule has 0 amide bonds. The first-order chi connectivity index (χ1) is 12.7. The molecule has 0 bridgehead atoms. The smallest absolute Gasteiger partial charge is 0.137 e. The summed E-state index contributed by atoms with van der Waals surface area (Å²) in [5.41, 5.74) is 3.77. The van der Waals surface area contributed by atoms with E-state index in [-0.39, 0.29) is 0 Å². The molecule has 0 unspecified atom stereocenters. The van der Waals surface area contributed by atoms with Crippen molar-refractivity contribution in [3.8, 4) is 16.9 Å². The minimum Gasteiger partial charge on any atom is -0.492 e. The van der Waals surface area contributed by atoms with Gasteiger partial charge in [0.1, 0.15) is 5.75 Å². The Bertz CT molecular complexity index is 633. The first kappa shape index (κ1) is 20.8.